The third-order valence-corrected chi connectivity index (χ3v) is 2.98. The Morgan fingerprint density at radius 2 is 1.89 bits per heavy atom. The van der Waals surface area contributed by atoms with Gasteiger partial charge in [-0.15, -0.1) is 0 Å². The van der Waals surface area contributed by atoms with Gasteiger partial charge in [0.15, 0.2) is 6.29 Å². The Kier molecular flexibility index (Phi) is 4.16. The molecule has 1 aliphatic rings. The number of aliphatic hydroxyl groups is 4. The number of aliphatic hydroxyl groups excluding tert-OH is 4. The molecule has 5 atom stereocenters. The number of ether oxygens (including phenoxy) is 1. The average molecular weight is 268 g/mol. The number of benzene rings is 1. The molecular weight excluding hydrogens is 250 g/mol. The topological polar surface area (TPSA) is 103 Å². The van der Waals surface area contributed by atoms with Gasteiger partial charge in [0.2, 0.25) is 0 Å². The van der Waals surface area contributed by atoms with Gasteiger partial charge in [0.05, 0.1) is 7.98 Å². The minimum absolute atomic E-state index is 0.132. The second-order valence-electron chi connectivity index (χ2n) is 4.33. The first-order valence-corrected chi connectivity index (χ1v) is 5.95. The molecule has 6 nitrogen and oxygen atoms in total. The number of aliphatic imine (C=N–C) groups is 1. The van der Waals surface area contributed by atoms with E-state index >= 15 is 0 Å². The van der Waals surface area contributed by atoms with Crippen LogP contribution in [0.5, 0.6) is 0 Å². The molecule has 19 heavy (non-hydrogen) atoms. The van der Waals surface area contributed by atoms with Gasteiger partial charge in [-0.25, -0.2) is 0 Å². The summed E-state index contributed by atoms with van der Waals surface area (Å²) in [6.07, 6.45) is -5.49. The summed E-state index contributed by atoms with van der Waals surface area (Å²) >= 11 is 0. The SMILES string of the molecule is [2H]C(=N[C@H]1C(O)O[C@H](CO)[C@@H](O)[C@@H]1O)c1ccccc1. The first kappa shape index (κ1) is 12.7. The molecule has 6 heteroatoms. The van der Waals surface area contributed by atoms with Crippen molar-refractivity contribution in [3.63, 3.8) is 0 Å². The van der Waals surface area contributed by atoms with E-state index in [0.29, 0.717) is 5.56 Å². The van der Waals surface area contributed by atoms with Gasteiger partial charge in [0, 0.05) is 6.19 Å². The molecule has 0 saturated carbocycles. The highest BCUT2D eigenvalue weighted by Gasteiger charge is 2.43. The van der Waals surface area contributed by atoms with Crippen molar-refractivity contribution in [3.8, 4) is 0 Å². The van der Waals surface area contributed by atoms with Gasteiger partial charge in [0.1, 0.15) is 24.4 Å². The van der Waals surface area contributed by atoms with Crippen LogP contribution < -0.4 is 0 Å². The lowest BCUT2D eigenvalue weighted by molar-refractivity contribution is -0.248. The minimum Gasteiger partial charge on any atom is -0.394 e. The molecule has 0 aliphatic carbocycles. The van der Waals surface area contributed by atoms with E-state index in [9.17, 15) is 15.3 Å². The number of rotatable bonds is 3. The van der Waals surface area contributed by atoms with E-state index in [1.165, 1.54) is 0 Å². The fourth-order valence-electron chi connectivity index (χ4n) is 1.88. The highest BCUT2D eigenvalue weighted by molar-refractivity contribution is 5.79. The van der Waals surface area contributed by atoms with Crippen LogP contribution in [0, 0.1) is 0 Å². The maximum absolute atomic E-state index is 9.91. The van der Waals surface area contributed by atoms with Gasteiger partial charge in [-0.3, -0.25) is 4.99 Å². The van der Waals surface area contributed by atoms with E-state index in [-0.39, 0.29) is 6.19 Å². The van der Waals surface area contributed by atoms with Crippen LogP contribution in [-0.4, -0.2) is 63.9 Å². The van der Waals surface area contributed by atoms with Gasteiger partial charge in [-0.05, 0) is 5.56 Å². The standard InChI is InChI=1S/C13H17NO5/c15-7-9-11(16)12(17)10(13(18)19-9)14-6-8-4-2-1-3-5-8/h1-6,9-13,15-18H,7H2/t9-,10-,11-,12-,13?/m1/s1/i6D. The Balaban J connectivity index is 2.20. The van der Waals surface area contributed by atoms with E-state index in [1.54, 1.807) is 30.3 Å². The van der Waals surface area contributed by atoms with Gasteiger partial charge >= 0.3 is 0 Å². The molecule has 1 aromatic rings. The molecule has 0 bridgehead atoms. The second kappa shape index (κ2) is 6.23. The maximum atomic E-state index is 9.91. The molecule has 1 aliphatic heterocycles. The molecular formula is C13H17NO5. The Bertz CT molecular complexity index is 469. The van der Waals surface area contributed by atoms with Crippen LogP contribution in [0.25, 0.3) is 0 Å². The van der Waals surface area contributed by atoms with Crippen molar-refractivity contribution in [2.24, 2.45) is 4.99 Å². The molecule has 0 amide bonds. The Labute approximate surface area is 112 Å². The Hall–Kier alpha value is -1.31. The van der Waals surface area contributed by atoms with Gasteiger partial charge in [-0.2, -0.15) is 0 Å². The zero-order valence-corrected chi connectivity index (χ0v) is 10.1. The summed E-state index contributed by atoms with van der Waals surface area (Å²) < 4.78 is 12.8. The average Bonchev–Trinajstić information content (AvgIpc) is 2.48. The molecule has 1 saturated heterocycles. The molecule has 4 N–H and O–H groups in total. The van der Waals surface area contributed by atoms with Crippen molar-refractivity contribution in [2.45, 2.75) is 30.6 Å². The van der Waals surface area contributed by atoms with E-state index in [2.05, 4.69) is 4.99 Å². The maximum Gasteiger partial charge on any atom is 0.180 e. The summed E-state index contributed by atoms with van der Waals surface area (Å²) in [5.74, 6) is 0. The number of hydrogen-bond acceptors (Lipinski definition) is 6. The molecule has 1 unspecified atom stereocenters. The van der Waals surface area contributed by atoms with Crippen molar-refractivity contribution in [1.29, 1.82) is 0 Å². The van der Waals surface area contributed by atoms with Gasteiger partial charge < -0.3 is 25.2 Å². The second-order valence-corrected chi connectivity index (χ2v) is 4.33. The first-order chi connectivity index (χ1) is 9.54. The molecule has 104 valence electrons. The van der Waals surface area contributed by atoms with Crippen LogP contribution in [0.2, 0.25) is 0 Å². The lowest BCUT2D eigenvalue weighted by atomic mass is 9.97. The molecule has 0 aromatic heterocycles. The predicted molar refractivity (Wildman–Crippen MR) is 67.8 cm³/mol. The van der Waals surface area contributed by atoms with E-state index in [4.69, 9.17) is 11.2 Å². The smallest absolute Gasteiger partial charge is 0.180 e. The van der Waals surface area contributed by atoms with E-state index in [1.807, 2.05) is 0 Å². The fraction of sp³-hybridized carbons (Fsp3) is 0.462. The fourth-order valence-corrected chi connectivity index (χ4v) is 1.88. The van der Waals surface area contributed by atoms with Crippen LogP contribution in [0.4, 0.5) is 0 Å². The van der Waals surface area contributed by atoms with E-state index < -0.39 is 37.3 Å². The molecule has 1 aromatic carbocycles. The summed E-state index contributed by atoms with van der Waals surface area (Å²) in [4.78, 5) is 3.90. The van der Waals surface area contributed by atoms with Crippen molar-refractivity contribution >= 4 is 6.19 Å². The predicted octanol–water partition coefficient (Wildman–Crippen LogP) is -1.09. The summed E-state index contributed by atoms with van der Waals surface area (Å²) in [6.45, 7) is -0.530. The largest absolute Gasteiger partial charge is 0.394 e. The third-order valence-electron chi connectivity index (χ3n) is 2.98. The Morgan fingerprint density at radius 3 is 2.53 bits per heavy atom. The number of nitrogens with zero attached hydrogens (tertiary/aromatic N) is 1. The quantitative estimate of drug-likeness (QED) is 0.521. The zero-order valence-electron chi connectivity index (χ0n) is 11.1. The normalized spacial score (nSPS) is 36.9. The highest BCUT2D eigenvalue weighted by atomic mass is 16.6. The molecule has 0 spiro atoms. The van der Waals surface area contributed by atoms with Crippen molar-refractivity contribution < 1.29 is 26.5 Å². The monoisotopic (exact) mass is 268 g/mol. The van der Waals surface area contributed by atoms with Crippen LogP contribution >= 0.6 is 0 Å². The van der Waals surface area contributed by atoms with Gasteiger partial charge in [0.25, 0.3) is 0 Å². The molecule has 0 radical (unpaired) electrons. The zero-order chi connectivity index (χ0) is 14.7. The van der Waals surface area contributed by atoms with Crippen LogP contribution in [0.15, 0.2) is 35.3 Å². The summed E-state index contributed by atoms with van der Waals surface area (Å²) in [7, 11) is 0. The number of hydrogen-bond donors (Lipinski definition) is 4. The van der Waals surface area contributed by atoms with Crippen LogP contribution in [0.3, 0.4) is 0 Å². The van der Waals surface area contributed by atoms with Crippen molar-refractivity contribution in [1.82, 2.24) is 0 Å². The Morgan fingerprint density at radius 1 is 1.21 bits per heavy atom. The van der Waals surface area contributed by atoms with Crippen LogP contribution in [-0.2, 0) is 4.74 Å². The lowest BCUT2D eigenvalue weighted by Gasteiger charge is -2.38. The van der Waals surface area contributed by atoms with E-state index in [0.717, 1.165) is 0 Å². The highest BCUT2D eigenvalue weighted by Crippen LogP contribution is 2.22. The molecule has 2 rings (SSSR count). The van der Waals surface area contributed by atoms with Crippen molar-refractivity contribution in [3.05, 3.63) is 35.9 Å². The van der Waals surface area contributed by atoms with Crippen LogP contribution in [0.1, 0.15) is 6.93 Å². The van der Waals surface area contributed by atoms with Crippen molar-refractivity contribution in [2.75, 3.05) is 6.61 Å². The first-order valence-electron chi connectivity index (χ1n) is 6.45. The summed E-state index contributed by atoms with van der Waals surface area (Å²) in [6, 6.07) is 7.42. The summed E-state index contributed by atoms with van der Waals surface area (Å²) in [5.41, 5.74) is 0.519. The third kappa shape index (κ3) is 3.17. The molecule has 1 fully saturated rings. The summed E-state index contributed by atoms with van der Waals surface area (Å²) in [5, 5.41) is 38.4. The lowest BCUT2D eigenvalue weighted by Crippen LogP contribution is -2.57. The molecule has 1 heterocycles. The van der Waals surface area contributed by atoms with Gasteiger partial charge in [-0.1, -0.05) is 30.3 Å². The minimum atomic E-state index is -1.49.